The minimum absolute atomic E-state index is 0.0607. The van der Waals surface area contributed by atoms with Crippen LogP contribution in [0.15, 0.2) is 48.5 Å². The molecular weight excluding hydrogens is 514 g/mol. The maximum Gasteiger partial charge on any atom is 0.322 e. The fourth-order valence-corrected chi connectivity index (χ4v) is 7.10. The van der Waals surface area contributed by atoms with Crippen molar-refractivity contribution in [2.45, 2.75) is 76.1 Å². The second kappa shape index (κ2) is 13.1. The topological polar surface area (TPSA) is 123 Å². The van der Waals surface area contributed by atoms with Gasteiger partial charge < -0.3 is 10.6 Å². The van der Waals surface area contributed by atoms with Crippen LogP contribution in [0.1, 0.15) is 69.4 Å². The highest BCUT2D eigenvalue weighted by molar-refractivity contribution is 7.88. The number of piperidine rings is 1. The molecule has 2 aliphatic rings. The van der Waals surface area contributed by atoms with Crippen LogP contribution in [0.25, 0.3) is 0 Å². The molecule has 1 heterocycles. The molecule has 0 aromatic heterocycles. The van der Waals surface area contributed by atoms with Crippen LogP contribution in [0.5, 0.6) is 0 Å². The average Bonchev–Trinajstić information content (AvgIpc) is 3.19. The van der Waals surface area contributed by atoms with Gasteiger partial charge in [-0.25, -0.2) is 17.5 Å². The maximum atomic E-state index is 13.6. The van der Waals surface area contributed by atoms with Crippen molar-refractivity contribution in [3.8, 4) is 6.07 Å². The van der Waals surface area contributed by atoms with E-state index >= 15 is 0 Å². The second-order valence-electron chi connectivity index (χ2n) is 10.4. The van der Waals surface area contributed by atoms with E-state index in [1.165, 1.54) is 11.2 Å². The molecule has 2 aromatic carbocycles. The number of anilines is 2. The van der Waals surface area contributed by atoms with Crippen molar-refractivity contribution in [2.75, 3.05) is 23.3 Å². The number of hydrogen-bond acceptors (Lipinski definition) is 5. The van der Waals surface area contributed by atoms with Gasteiger partial charge in [0.05, 0.1) is 17.4 Å². The minimum atomic E-state index is -3.61. The second-order valence-corrected chi connectivity index (χ2v) is 12.4. The Hall–Kier alpha value is -3.42. The summed E-state index contributed by atoms with van der Waals surface area (Å²) in [6, 6.07) is 16.0. The number of amides is 3. The molecule has 0 bridgehead atoms. The lowest BCUT2D eigenvalue weighted by Gasteiger charge is -2.36. The SMILES string of the molecule is CC(=O)Nc1ccccc1CS(=O)(=O)N1CCC(NC(=O)N(c2cccc(C#N)c2)C2CCCCCC2)CC1. The predicted molar refractivity (Wildman–Crippen MR) is 152 cm³/mol. The number of sulfonamides is 1. The molecule has 2 aromatic rings. The van der Waals surface area contributed by atoms with Crippen molar-refractivity contribution in [2.24, 2.45) is 0 Å². The molecule has 2 N–H and O–H groups in total. The smallest absolute Gasteiger partial charge is 0.322 e. The number of benzene rings is 2. The summed E-state index contributed by atoms with van der Waals surface area (Å²) in [6.07, 6.45) is 7.30. The van der Waals surface area contributed by atoms with E-state index in [-0.39, 0.29) is 29.8 Å². The van der Waals surface area contributed by atoms with Crippen LogP contribution in [0.3, 0.4) is 0 Å². The zero-order valence-corrected chi connectivity index (χ0v) is 23.3. The lowest BCUT2D eigenvalue weighted by molar-refractivity contribution is -0.114. The number of nitrogens with zero attached hydrogens (tertiary/aromatic N) is 3. The van der Waals surface area contributed by atoms with E-state index in [1.807, 2.05) is 11.0 Å². The van der Waals surface area contributed by atoms with Gasteiger partial charge in [-0.15, -0.1) is 0 Å². The zero-order valence-electron chi connectivity index (χ0n) is 22.4. The molecule has 2 fully saturated rings. The molecule has 4 rings (SSSR count). The molecule has 10 heteroatoms. The van der Waals surface area contributed by atoms with Crippen LogP contribution in [0.2, 0.25) is 0 Å². The first-order valence-electron chi connectivity index (χ1n) is 13.7. The van der Waals surface area contributed by atoms with Crippen LogP contribution in [-0.2, 0) is 20.6 Å². The number of nitriles is 1. The lowest BCUT2D eigenvalue weighted by Crippen LogP contribution is -2.53. The number of carbonyl (C=O) groups is 2. The Bertz CT molecular complexity index is 1310. The molecule has 39 heavy (non-hydrogen) atoms. The van der Waals surface area contributed by atoms with Gasteiger partial charge in [0.15, 0.2) is 0 Å². The third-order valence-electron chi connectivity index (χ3n) is 7.50. The molecular formula is C29H37N5O4S. The van der Waals surface area contributed by atoms with Gasteiger partial charge in [0.1, 0.15) is 0 Å². The van der Waals surface area contributed by atoms with E-state index in [0.29, 0.717) is 42.7 Å². The highest BCUT2D eigenvalue weighted by atomic mass is 32.2. The van der Waals surface area contributed by atoms with Crippen LogP contribution in [-0.4, -0.2) is 49.8 Å². The monoisotopic (exact) mass is 551 g/mol. The summed E-state index contributed by atoms with van der Waals surface area (Å²) in [5.74, 6) is -0.459. The van der Waals surface area contributed by atoms with Crippen molar-refractivity contribution >= 4 is 33.3 Å². The normalized spacial score (nSPS) is 17.5. The molecule has 0 radical (unpaired) electrons. The molecule has 3 amide bonds. The summed E-state index contributed by atoms with van der Waals surface area (Å²) in [5, 5.41) is 15.3. The molecule has 0 atom stereocenters. The van der Waals surface area contributed by atoms with Gasteiger partial charge in [0.25, 0.3) is 0 Å². The van der Waals surface area contributed by atoms with E-state index in [0.717, 1.165) is 44.2 Å². The number of rotatable bonds is 7. The van der Waals surface area contributed by atoms with Crippen molar-refractivity contribution in [1.82, 2.24) is 9.62 Å². The number of para-hydroxylation sites is 1. The molecule has 208 valence electrons. The Morgan fingerprint density at radius 2 is 1.69 bits per heavy atom. The van der Waals surface area contributed by atoms with Crippen LogP contribution in [0.4, 0.5) is 16.2 Å². The number of hydrogen-bond donors (Lipinski definition) is 2. The van der Waals surface area contributed by atoms with Crippen LogP contribution in [0, 0.1) is 11.3 Å². The fraction of sp³-hybridized carbons (Fsp3) is 0.483. The van der Waals surface area contributed by atoms with Gasteiger partial charge in [-0.3, -0.25) is 9.69 Å². The summed E-state index contributed by atoms with van der Waals surface area (Å²) in [5.41, 5.74) is 2.27. The van der Waals surface area contributed by atoms with Gasteiger partial charge in [-0.05, 0) is 55.5 Å². The summed E-state index contributed by atoms with van der Waals surface area (Å²) >= 11 is 0. The molecule has 1 saturated heterocycles. The summed E-state index contributed by atoms with van der Waals surface area (Å²) in [6.45, 7) is 2.01. The molecule has 0 unspecified atom stereocenters. The summed E-state index contributed by atoms with van der Waals surface area (Å²) in [4.78, 5) is 27.0. The Balaban J connectivity index is 1.41. The van der Waals surface area contributed by atoms with Gasteiger partial charge in [-0.1, -0.05) is 49.9 Å². The van der Waals surface area contributed by atoms with E-state index in [9.17, 15) is 23.3 Å². The first-order chi connectivity index (χ1) is 18.8. The Morgan fingerprint density at radius 1 is 1.00 bits per heavy atom. The van der Waals surface area contributed by atoms with Crippen LogP contribution < -0.4 is 15.5 Å². The van der Waals surface area contributed by atoms with Gasteiger partial charge in [0.2, 0.25) is 15.9 Å². The molecule has 0 spiro atoms. The summed E-state index contributed by atoms with van der Waals surface area (Å²) < 4.78 is 27.9. The maximum absolute atomic E-state index is 13.6. The van der Waals surface area contributed by atoms with Crippen molar-refractivity contribution in [1.29, 1.82) is 5.26 Å². The largest absolute Gasteiger partial charge is 0.335 e. The molecule has 1 aliphatic carbocycles. The third kappa shape index (κ3) is 7.58. The van der Waals surface area contributed by atoms with Gasteiger partial charge >= 0.3 is 6.03 Å². The van der Waals surface area contributed by atoms with Gasteiger partial charge in [-0.2, -0.15) is 5.26 Å². The van der Waals surface area contributed by atoms with E-state index in [1.54, 1.807) is 42.5 Å². The standard InChI is InChI=1S/C29H37N5O4S/c1-22(35)31-28-14-7-6-10-24(28)21-39(37,38)33-17-15-25(16-18-33)32-29(36)34(26-11-4-2-3-5-12-26)27-13-8-9-23(19-27)20-30/h6-10,13-14,19,25-26H,2-5,11-12,15-18,21H2,1H3,(H,31,35)(H,32,36). The van der Waals surface area contributed by atoms with Crippen molar-refractivity contribution in [3.05, 3.63) is 59.7 Å². The lowest BCUT2D eigenvalue weighted by atomic mass is 10.0. The Kier molecular flexibility index (Phi) is 9.59. The van der Waals surface area contributed by atoms with E-state index < -0.39 is 10.0 Å². The molecule has 9 nitrogen and oxygen atoms in total. The van der Waals surface area contributed by atoms with Crippen molar-refractivity contribution in [3.63, 3.8) is 0 Å². The third-order valence-corrected chi connectivity index (χ3v) is 9.33. The highest BCUT2D eigenvalue weighted by Crippen LogP contribution is 2.28. The first kappa shape index (κ1) is 28.6. The Labute approximate surface area is 231 Å². The number of urea groups is 1. The number of nitrogens with one attached hydrogen (secondary N) is 2. The Morgan fingerprint density at radius 3 is 2.36 bits per heavy atom. The average molecular weight is 552 g/mol. The minimum Gasteiger partial charge on any atom is -0.335 e. The highest BCUT2D eigenvalue weighted by Gasteiger charge is 2.32. The fourth-order valence-electron chi connectivity index (χ4n) is 5.50. The zero-order chi connectivity index (χ0) is 27.8. The van der Waals surface area contributed by atoms with Crippen LogP contribution >= 0.6 is 0 Å². The number of carbonyl (C=O) groups excluding carboxylic acids is 2. The van der Waals surface area contributed by atoms with E-state index in [4.69, 9.17) is 0 Å². The van der Waals surface area contributed by atoms with E-state index in [2.05, 4.69) is 16.7 Å². The molecule has 1 saturated carbocycles. The predicted octanol–water partition coefficient (Wildman–Crippen LogP) is 4.75. The summed E-state index contributed by atoms with van der Waals surface area (Å²) in [7, 11) is -3.61. The molecule has 1 aliphatic heterocycles. The van der Waals surface area contributed by atoms with Gasteiger partial charge in [0, 0.05) is 43.5 Å². The van der Waals surface area contributed by atoms with Crippen molar-refractivity contribution < 1.29 is 18.0 Å². The first-order valence-corrected chi connectivity index (χ1v) is 15.3. The quantitative estimate of drug-likeness (QED) is 0.481.